The molecular weight excluding hydrogens is 134 g/mol. The van der Waals surface area contributed by atoms with Crippen molar-refractivity contribution in [3.63, 3.8) is 0 Å². The Morgan fingerprint density at radius 3 is 2.09 bits per heavy atom. The summed E-state index contributed by atoms with van der Waals surface area (Å²) in [5.74, 6) is 0. The minimum Gasteiger partial charge on any atom is -0.328 e. The molecule has 2 N–H and O–H groups in total. The summed E-state index contributed by atoms with van der Waals surface area (Å²) in [4.78, 5) is 0. The van der Waals surface area contributed by atoms with Crippen LogP contribution in [-0.2, 0) is 0 Å². The summed E-state index contributed by atoms with van der Waals surface area (Å²) in [5.41, 5.74) is 6.80. The van der Waals surface area contributed by atoms with E-state index in [1.807, 2.05) is 0 Å². The predicted molar refractivity (Wildman–Crippen MR) is 49.4 cm³/mol. The van der Waals surface area contributed by atoms with E-state index < -0.39 is 0 Å². The second-order valence-electron chi connectivity index (χ2n) is 5.31. The average molecular weight is 155 g/mol. The largest absolute Gasteiger partial charge is 0.328 e. The van der Waals surface area contributed by atoms with Crippen molar-refractivity contribution in [3.05, 3.63) is 0 Å². The van der Waals surface area contributed by atoms with Crippen molar-refractivity contribution in [1.82, 2.24) is 0 Å². The first-order chi connectivity index (χ1) is 4.85. The number of hydrogen-bond donors (Lipinski definition) is 1. The van der Waals surface area contributed by atoms with Crippen molar-refractivity contribution in [2.45, 2.75) is 53.0 Å². The van der Waals surface area contributed by atoms with Crippen LogP contribution in [0.5, 0.6) is 0 Å². The Bertz CT molecular complexity index is 145. The van der Waals surface area contributed by atoms with Gasteiger partial charge in [0.2, 0.25) is 0 Å². The van der Waals surface area contributed by atoms with Crippen LogP contribution in [0.1, 0.15) is 47.0 Å². The SMILES string of the molecule is CC(C)(C)C1(C)CC[C@H](N)C1. The highest BCUT2D eigenvalue weighted by Gasteiger charge is 2.42. The van der Waals surface area contributed by atoms with Gasteiger partial charge >= 0.3 is 0 Å². The molecule has 0 radical (unpaired) electrons. The van der Waals surface area contributed by atoms with E-state index >= 15 is 0 Å². The van der Waals surface area contributed by atoms with Gasteiger partial charge in [-0.1, -0.05) is 27.7 Å². The molecule has 1 unspecified atom stereocenters. The van der Waals surface area contributed by atoms with E-state index in [9.17, 15) is 0 Å². The average Bonchev–Trinajstić information content (AvgIpc) is 2.10. The van der Waals surface area contributed by atoms with Crippen molar-refractivity contribution in [2.24, 2.45) is 16.6 Å². The molecule has 1 fully saturated rings. The molecule has 11 heavy (non-hydrogen) atoms. The van der Waals surface area contributed by atoms with Crippen LogP contribution in [0.25, 0.3) is 0 Å². The van der Waals surface area contributed by atoms with E-state index in [2.05, 4.69) is 27.7 Å². The van der Waals surface area contributed by atoms with Gasteiger partial charge < -0.3 is 5.73 Å². The second-order valence-corrected chi connectivity index (χ2v) is 5.31. The fraction of sp³-hybridized carbons (Fsp3) is 1.00. The highest BCUT2D eigenvalue weighted by Crippen LogP contribution is 2.49. The van der Waals surface area contributed by atoms with Gasteiger partial charge in [-0.3, -0.25) is 0 Å². The molecule has 1 aliphatic carbocycles. The Labute approximate surface area is 70.4 Å². The molecule has 0 saturated heterocycles. The molecule has 0 aromatic rings. The monoisotopic (exact) mass is 155 g/mol. The normalized spacial score (nSPS) is 39.5. The zero-order valence-electron chi connectivity index (χ0n) is 8.28. The molecule has 0 aliphatic heterocycles. The van der Waals surface area contributed by atoms with E-state index in [0.717, 1.165) is 0 Å². The Morgan fingerprint density at radius 2 is 1.91 bits per heavy atom. The third-order valence-corrected chi connectivity index (χ3v) is 3.59. The third-order valence-electron chi connectivity index (χ3n) is 3.59. The lowest BCUT2D eigenvalue weighted by Gasteiger charge is -2.38. The molecule has 0 aromatic heterocycles. The van der Waals surface area contributed by atoms with Crippen molar-refractivity contribution in [2.75, 3.05) is 0 Å². The zero-order valence-corrected chi connectivity index (χ0v) is 8.28. The van der Waals surface area contributed by atoms with Gasteiger partial charge in [-0.25, -0.2) is 0 Å². The van der Waals surface area contributed by atoms with Crippen molar-refractivity contribution >= 4 is 0 Å². The van der Waals surface area contributed by atoms with Crippen LogP contribution in [0.4, 0.5) is 0 Å². The van der Waals surface area contributed by atoms with E-state index in [1.165, 1.54) is 19.3 Å². The summed E-state index contributed by atoms with van der Waals surface area (Å²) in [6.07, 6.45) is 3.72. The van der Waals surface area contributed by atoms with Gasteiger partial charge in [-0.15, -0.1) is 0 Å². The molecule has 0 heterocycles. The summed E-state index contributed by atoms with van der Waals surface area (Å²) in [6, 6.07) is 0.458. The molecule has 1 rings (SSSR count). The summed E-state index contributed by atoms with van der Waals surface area (Å²) < 4.78 is 0. The van der Waals surface area contributed by atoms with Gasteiger partial charge in [-0.05, 0) is 30.1 Å². The predicted octanol–water partition coefficient (Wildman–Crippen LogP) is 2.55. The Kier molecular flexibility index (Phi) is 2.04. The lowest BCUT2D eigenvalue weighted by atomic mass is 9.67. The Morgan fingerprint density at radius 1 is 1.36 bits per heavy atom. The highest BCUT2D eigenvalue weighted by atomic mass is 14.7. The van der Waals surface area contributed by atoms with Crippen LogP contribution in [-0.4, -0.2) is 6.04 Å². The summed E-state index contributed by atoms with van der Waals surface area (Å²) in [7, 11) is 0. The summed E-state index contributed by atoms with van der Waals surface area (Å²) in [6.45, 7) is 9.35. The fourth-order valence-electron chi connectivity index (χ4n) is 1.97. The minimum atomic E-state index is 0.418. The van der Waals surface area contributed by atoms with Crippen molar-refractivity contribution in [1.29, 1.82) is 0 Å². The quantitative estimate of drug-likeness (QED) is 0.571. The van der Waals surface area contributed by atoms with Crippen LogP contribution in [0.15, 0.2) is 0 Å². The summed E-state index contributed by atoms with van der Waals surface area (Å²) in [5, 5.41) is 0. The van der Waals surface area contributed by atoms with Gasteiger partial charge in [0.1, 0.15) is 0 Å². The molecule has 66 valence electrons. The van der Waals surface area contributed by atoms with E-state index in [-0.39, 0.29) is 0 Å². The first-order valence-electron chi connectivity index (χ1n) is 4.61. The third kappa shape index (κ3) is 1.58. The molecule has 1 nitrogen and oxygen atoms in total. The molecule has 1 heteroatoms. The molecule has 1 aliphatic rings. The lowest BCUT2D eigenvalue weighted by Crippen LogP contribution is -2.31. The van der Waals surface area contributed by atoms with E-state index in [0.29, 0.717) is 16.9 Å². The second kappa shape index (κ2) is 2.48. The summed E-state index contributed by atoms with van der Waals surface area (Å²) >= 11 is 0. The van der Waals surface area contributed by atoms with Crippen molar-refractivity contribution < 1.29 is 0 Å². The van der Waals surface area contributed by atoms with Gasteiger partial charge in [0.05, 0.1) is 0 Å². The minimum absolute atomic E-state index is 0.418. The zero-order chi connectivity index (χ0) is 8.70. The Balaban J connectivity index is 2.69. The maximum atomic E-state index is 5.91. The molecule has 0 bridgehead atoms. The topological polar surface area (TPSA) is 26.0 Å². The molecule has 1 saturated carbocycles. The van der Waals surface area contributed by atoms with Gasteiger partial charge in [0, 0.05) is 6.04 Å². The smallest absolute Gasteiger partial charge is 0.00444 e. The van der Waals surface area contributed by atoms with Crippen LogP contribution in [0.3, 0.4) is 0 Å². The van der Waals surface area contributed by atoms with Crippen LogP contribution >= 0.6 is 0 Å². The van der Waals surface area contributed by atoms with Crippen LogP contribution in [0, 0.1) is 10.8 Å². The van der Waals surface area contributed by atoms with E-state index in [1.54, 1.807) is 0 Å². The maximum Gasteiger partial charge on any atom is 0.00444 e. The molecular formula is C10H21N. The van der Waals surface area contributed by atoms with Crippen LogP contribution < -0.4 is 5.73 Å². The maximum absolute atomic E-state index is 5.91. The molecule has 0 spiro atoms. The van der Waals surface area contributed by atoms with E-state index in [4.69, 9.17) is 5.73 Å². The van der Waals surface area contributed by atoms with Crippen molar-refractivity contribution in [3.8, 4) is 0 Å². The standard InChI is InChI=1S/C10H21N/c1-9(2,3)10(4)6-5-8(11)7-10/h8H,5-7,11H2,1-4H3/t8-,10?/m0/s1. The van der Waals surface area contributed by atoms with Gasteiger partial charge in [0.25, 0.3) is 0 Å². The molecule has 0 aromatic carbocycles. The first kappa shape index (κ1) is 9.05. The molecule has 0 amide bonds. The fourth-order valence-corrected chi connectivity index (χ4v) is 1.97. The number of rotatable bonds is 0. The highest BCUT2D eigenvalue weighted by molar-refractivity contribution is 4.94. The van der Waals surface area contributed by atoms with Gasteiger partial charge in [0.15, 0.2) is 0 Å². The van der Waals surface area contributed by atoms with Crippen LogP contribution in [0.2, 0.25) is 0 Å². The molecule has 2 atom stereocenters. The first-order valence-corrected chi connectivity index (χ1v) is 4.61. The number of hydrogen-bond acceptors (Lipinski definition) is 1. The lowest BCUT2D eigenvalue weighted by molar-refractivity contribution is 0.115. The van der Waals surface area contributed by atoms with Gasteiger partial charge in [-0.2, -0.15) is 0 Å². The number of nitrogens with two attached hydrogens (primary N) is 1. The Hall–Kier alpha value is -0.0400.